The fourth-order valence-corrected chi connectivity index (χ4v) is 1.18. The van der Waals surface area contributed by atoms with E-state index in [-0.39, 0.29) is 0 Å². The summed E-state index contributed by atoms with van der Waals surface area (Å²) in [7, 11) is 0. The van der Waals surface area contributed by atoms with Gasteiger partial charge in [-0.2, -0.15) is 0 Å². The van der Waals surface area contributed by atoms with Crippen LogP contribution in [0.15, 0.2) is 10.6 Å². The van der Waals surface area contributed by atoms with Crippen molar-refractivity contribution in [1.82, 2.24) is 5.16 Å². The quantitative estimate of drug-likeness (QED) is 0.541. The lowest BCUT2D eigenvalue weighted by Gasteiger charge is -1.92. The average Bonchev–Trinajstić information content (AvgIpc) is 2.54. The number of aromatic nitrogens is 1. The normalized spacial score (nSPS) is 10.6. The Kier molecular flexibility index (Phi) is 4.49. The minimum absolute atomic E-state index is 0.292. The zero-order chi connectivity index (χ0) is 9.52. The van der Waals surface area contributed by atoms with E-state index in [2.05, 4.69) is 16.9 Å². The Hall–Kier alpha value is -0.870. The summed E-state index contributed by atoms with van der Waals surface area (Å²) in [5.74, 6) is 5.59. The monoisotopic (exact) mass is 184 g/mol. The summed E-state index contributed by atoms with van der Waals surface area (Å²) in [6, 6.07) is 1.89. The summed E-state index contributed by atoms with van der Waals surface area (Å²) in [4.78, 5) is 4.43. The molecule has 0 aliphatic carbocycles. The van der Waals surface area contributed by atoms with Gasteiger partial charge in [0.15, 0.2) is 5.76 Å². The summed E-state index contributed by atoms with van der Waals surface area (Å²) < 4.78 is 4.98. The predicted octanol–water partition coefficient (Wildman–Crippen LogP) is 1.80. The molecule has 1 rings (SSSR count). The SMILES string of the molecule is CCCCCc1cc(CON)on1. The molecule has 0 aliphatic heterocycles. The molecule has 4 heteroatoms. The van der Waals surface area contributed by atoms with Gasteiger partial charge in [-0.1, -0.05) is 24.9 Å². The molecule has 1 aromatic heterocycles. The van der Waals surface area contributed by atoms with E-state index in [1.54, 1.807) is 0 Å². The maximum Gasteiger partial charge on any atom is 0.164 e. The molecule has 0 saturated carbocycles. The second-order valence-corrected chi connectivity index (χ2v) is 3.05. The summed E-state index contributed by atoms with van der Waals surface area (Å²) in [5.41, 5.74) is 0.987. The molecule has 1 heterocycles. The number of nitrogens with zero attached hydrogens (tertiary/aromatic N) is 1. The molecule has 0 atom stereocenters. The Labute approximate surface area is 78.0 Å². The van der Waals surface area contributed by atoms with Gasteiger partial charge in [-0.3, -0.25) is 4.84 Å². The Balaban J connectivity index is 2.31. The van der Waals surface area contributed by atoms with Gasteiger partial charge in [0.05, 0.1) is 5.69 Å². The second-order valence-electron chi connectivity index (χ2n) is 3.05. The highest BCUT2D eigenvalue weighted by molar-refractivity contribution is 5.04. The van der Waals surface area contributed by atoms with E-state index >= 15 is 0 Å². The van der Waals surface area contributed by atoms with Gasteiger partial charge < -0.3 is 4.52 Å². The van der Waals surface area contributed by atoms with Gasteiger partial charge >= 0.3 is 0 Å². The minimum atomic E-state index is 0.292. The molecule has 74 valence electrons. The van der Waals surface area contributed by atoms with Crippen molar-refractivity contribution in [3.63, 3.8) is 0 Å². The van der Waals surface area contributed by atoms with Crippen LogP contribution in [0.2, 0.25) is 0 Å². The first kappa shape index (κ1) is 10.2. The highest BCUT2D eigenvalue weighted by Gasteiger charge is 2.02. The Bertz CT molecular complexity index is 235. The van der Waals surface area contributed by atoms with Crippen molar-refractivity contribution >= 4 is 0 Å². The highest BCUT2D eigenvalue weighted by Crippen LogP contribution is 2.08. The molecule has 4 nitrogen and oxygen atoms in total. The largest absolute Gasteiger partial charge is 0.359 e. The van der Waals surface area contributed by atoms with Crippen molar-refractivity contribution in [1.29, 1.82) is 0 Å². The molecule has 0 saturated heterocycles. The average molecular weight is 184 g/mol. The lowest BCUT2D eigenvalue weighted by atomic mass is 10.1. The fourth-order valence-electron chi connectivity index (χ4n) is 1.18. The van der Waals surface area contributed by atoms with E-state index in [0.29, 0.717) is 12.4 Å². The lowest BCUT2D eigenvalue weighted by molar-refractivity contribution is 0.103. The van der Waals surface area contributed by atoms with E-state index in [9.17, 15) is 0 Å². The Morgan fingerprint density at radius 1 is 1.54 bits per heavy atom. The summed E-state index contributed by atoms with van der Waals surface area (Å²) in [5, 5.41) is 3.90. The summed E-state index contributed by atoms with van der Waals surface area (Å²) >= 11 is 0. The maximum absolute atomic E-state index is 4.98. The highest BCUT2D eigenvalue weighted by atomic mass is 16.6. The van der Waals surface area contributed by atoms with Gasteiger partial charge in [-0.05, 0) is 12.8 Å². The van der Waals surface area contributed by atoms with E-state index < -0.39 is 0 Å². The van der Waals surface area contributed by atoms with Gasteiger partial charge in [0.2, 0.25) is 0 Å². The van der Waals surface area contributed by atoms with Crippen molar-refractivity contribution in [2.45, 2.75) is 39.2 Å². The van der Waals surface area contributed by atoms with Crippen molar-refractivity contribution in [2.24, 2.45) is 5.90 Å². The van der Waals surface area contributed by atoms with Crippen LogP contribution in [0.4, 0.5) is 0 Å². The van der Waals surface area contributed by atoms with Crippen molar-refractivity contribution < 1.29 is 9.36 Å². The topological polar surface area (TPSA) is 61.3 Å². The van der Waals surface area contributed by atoms with Crippen LogP contribution < -0.4 is 5.90 Å². The van der Waals surface area contributed by atoms with E-state index in [4.69, 9.17) is 10.4 Å². The summed E-state index contributed by atoms with van der Waals surface area (Å²) in [6.07, 6.45) is 4.58. The van der Waals surface area contributed by atoms with Crippen LogP contribution in [-0.2, 0) is 17.9 Å². The zero-order valence-corrected chi connectivity index (χ0v) is 7.95. The van der Waals surface area contributed by atoms with Crippen LogP contribution in [-0.4, -0.2) is 5.16 Å². The van der Waals surface area contributed by atoms with Crippen LogP contribution >= 0.6 is 0 Å². The first-order valence-electron chi connectivity index (χ1n) is 4.63. The molecule has 0 fully saturated rings. The predicted molar refractivity (Wildman–Crippen MR) is 48.7 cm³/mol. The maximum atomic E-state index is 4.98. The molecule has 2 N–H and O–H groups in total. The molecule has 0 spiro atoms. The Morgan fingerprint density at radius 2 is 2.38 bits per heavy atom. The summed E-state index contributed by atoms with van der Waals surface area (Å²) in [6.45, 7) is 2.47. The van der Waals surface area contributed by atoms with Gasteiger partial charge in [0.25, 0.3) is 0 Å². The molecule has 0 radical (unpaired) electrons. The van der Waals surface area contributed by atoms with Gasteiger partial charge in [-0.25, -0.2) is 5.90 Å². The third-order valence-corrected chi connectivity index (χ3v) is 1.87. The smallest absolute Gasteiger partial charge is 0.164 e. The molecular formula is C9H16N2O2. The van der Waals surface area contributed by atoms with Crippen molar-refractivity contribution in [3.05, 3.63) is 17.5 Å². The molecule has 1 aromatic rings. The first-order valence-corrected chi connectivity index (χ1v) is 4.63. The molecule has 0 unspecified atom stereocenters. The number of nitrogens with two attached hydrogens (primary N) is 1. The first-order chi connectivity index (χ1) is 6.36. The number of aryl methyl sites for hydroxylation is 1. The van der Waals surface area contributed by atoms with Crippen LogP contribution in [0.25, 0.3) is 0 Å². The van der Waals surface area contributed by atoms with E-state index in [0.717, 1.165) is 18.5 Å². The Morgan fingerprint density at radius 3 is 3.08 bits per heavy atom. The molecule has 0 aliphatic rings. The number of rotatable bonds is 6. The standard InChI is InChI=1S/C9H16N2O2/c1-2-3-4-5-8-6-9(7-12-10)13-11-8/h6H,2-5,7,10H2,1H3. The van der Waals surface area contributed by atoms with Crippen LogP contribution in [0.3, 0.4) is 0 Å². The molecule has 0 amide bonds. The fraction of sp³-hybridized carbons (Fsp3) is 0.667. The van der Waals surface area contributed by atoms with Crippen molar-refractivity contribution in [3.8, 4) is 0 Å². The van der Waals surface area contributed by atoms with Crippen LogP contribution in [0, 0.1) is 0 Å². The van der Waals surface area contributed by atoms with Gasteiger partial charge in [-0.15, -0.1) is 0 Å². The van der Waals surface area contributed by atoms with E-state index in [1.165, 1.54) is 12.8 Å². The number of hydrogen-bond acceptors (Lipinski definition) is 4. The van der Waals surface area contributed by atoms with Crippen LogP contribution in [0.5, 0.6) is 0 Å². The second kappa shape index (κ2) is 5.72. The number of unbranched alkanes of at least 4 members (excludes halogenated alkanes) is 2. The third-order valence-electron chi connectivity index (χ3n) is 1.87. The minimum Gasteiger partial charge on any atom is -0.359 e. The number of hydrogen-bond donors (Lipinski definition) is 1. The van der Waals surface area contributed by atoms with Crippen LogP contribution in [0.1, 0.15) is 37.6 Å². The molecule has 13 heavy (non-hydrogen) atoms. The molecule has 0 aromatic carbocycles. The molecular weight excluding hydrogens is 168 g/mol. The molecule has 0 bridgehead atoms. The zero-order valence-electron chi connectivity index (χ0n) is 7.95. The van der Waals surface area contributed by atoms with Gasteiger partial charge in [0, 0.05) is 6.07 Å². The van der Waals surface area contributed by atoms with E-state index in [1.807, 2.05) is 6.07 Å². The van der Waals surface area contributed by atoms with Crippen molar-refractivity contribution in [2.75, 3.05) is 0 Å². The van der Waals surface area contributed by atoms with Gasteiger partial charge in [0.1, 0.15) is 6.61 Å². The third kappa shape index (κ3) is 3.57. The lowest BCUT2D eigenvalue weighted by Crippen LogP contribution is -1.97.